The normalized spacial score (nSPS) is 14.1. The van der Waals surface area contributed by atoms with Gasteiger partial charge >= 0.3 is 0 Å². The predicted octanol–water partition coefficient (Wildman–Crippen LogP) is 5.48. The van der Waals surface area contributed by atoms with Gasteiger partial charge in [-0.25, -0.2) is 0 Å². The molecule has 0 fully saturated rings. The summed E-state index contributed by atoms with van der Waals surface area (Å²) >= 11 is 13.6. The first-order chi connectivity index (χ1) is 9.52. The number of para-hydroxylation sites is 1. The minimum Gasteiger partial charge on any atom is -0.496 e. The molecule has 108 valence electrons. The molecule has 0 amide bonds. The number of benzene rings is 1. The lowest BCUT2D eigenvalue weighted by atomic mass is 10.0. The Labute approximate surface area is 133 Å². The van der Waals surface area contributed by atoms with Crippen molar-refractivity contribution in [3.8, 4) is 5.75 Å². The Morgan fingerprint density at radius 1 is 1.10 bits per heavy atom. The fourth-order valence-corrected chi connectivity index (χ4v) is 3.87. The summed E-state index contributed by atoms with van der Waals surface area (Å²) in [6, 6.07) is 10.2. The Bertz CT molecular complexity index is 585. The van der Waals surface area contributed by atoms with Crippen molar-refractivity contribution >= 4 is 34.5 Å². The molecule has 1 aromatic heterocycles. The highest BCUT2D eigenvalue weighted by atomic mass is 35.5. The van der Waals surface area contributed by atoms with Crippen LogP contribution < -0.4 is 10.1 Å². The molecule has 0 saturated heterocycles. The molecule has 1 heterocycles. The van der Waals surface area contributed by atoms with Crippen molar-refractivity contribution < 1.29 is 4.74 Å². The molecule has 0 bridgehead atoms. The van der Waals surface area contributed by atoms with Crippen molar-refractivity contribution in [2.45, 2.75) is 25.9 Å². The van der Waals surface area contributed by atoms with Crippen molar-refractivity contribution in [3.63, 3.8) is 0 Å². The number of hydrogen-bond acceptors (Lipinski definition) is 3. The van der Waals surface area contributed by atoms with Crippen molar-refractivity contribution in [3.05, 3.63) is 50.1 Å². The minimum absolute atomic E-state index is 0.117. The van der Waals surface area contributed by atoms with E-state index >= 15 is 0 Å². The lowest BCUT2D eigenvalue weighted by Gasteiger charge is -2.21. The first-order valence-corrected chi connectivity index (χ1v) is 7.94. The zero-order valence-electron chi connectivity index (χ0n) is 11.6. The smallest absolute Gasteiger partial charge is 0.123 e. The highest BCUT2D eigenvalue weighted by Gasteiger charge is 2.17. The number of hydrogen-bond donors (Lipinski definition) is 1. The summed E-state index contributed by atoms with van der Waals surface area (Å²) in [6.45, 7) is 4.19. The molecule has 0 aliphatic rings. The minimum atomic E-state index is 0.117. The third-order valence-corrected chi connectivity index (χ3v) is 4.77. The van der Waals surface area contributed by atoms with Gasteiger partial charge in [-0.2, -0.15) is 0 Å². The van der Waals surface area contributed by atoms with Gasteiger partial charge in [-0.15, -0.1) is 11.3 Å². The van der Waals surface area contributed by atoms with Crippen molar-refractivity contribution in [1.82, 2.24) is 5.32 Å². The standard InChI is InChI=1S/C15H17Cl2NOS/c1-9(11-6-4-5-7-13(11)19-3)18-10(2)12-8-14(16)20-15(12)17/h4-10,18H,1-3H3/t9-,10?/m0/s1. The van der Waals surface area contributed by atoms with Crippen LogP contribution in [0.1, 0.15) is 37.1 Å². The molecule has 1 unspecified atom stereocenters. The van der Waals surface area contributed by atoms with Crippen LogP contribution in [0.25, 0.3) is 0 Å². The lowest BCUT2D eigenvalue weighted by Crippen LogP contribution is -2.22. The van der Waals surface area contributed by atoms with Gasteiger partial charge in [-0.05, 0) is 31.5 Å². The first kappa shape index (κ1) is 15.6. The van der Waals surface area contributed by atoms with E-state index in [4.69, 9.17) is 27.9 Å². The number of rotatable bonds is 5. The third-order valence-electron chi connectivity index (χ3n) is 3.25. The van der Waals surface area contributed by atoms with Crippen LogP contribution in [-0.2, 0) is 0 Å². The Kier molecular flexibility index (Phi) is 5.33. The van der Waals surface area contributed by atoms with Gasteiger partial charge in [0.05, 0.1) is 15.8 Å². The topological polar surface area (TPSA) is 21.3 Å². The van der Waals surface area contributed by atoms with E-state index in [9.17, 15) is 0 Å². The number of halogens is 2. The number of thiophene rings is 1. The van der Waals surface area contributed by atoms with Crippen LogP contribution in [0.5, 0.6) is 5.75 Å². The highest BCUT2D eigenvalue weighted by molar-refractivity contribution is 7.20. The van der Waals surface area contributed by atoms with Gasteiger partial charge in [0.25, 0.3) is 0 Å². The average molecular weight is 330 g/mol. The molecule has 2 nitrogen and oxygen atoms in total. The maximum Gasteiger partial charge on any atom is 0.123 e. The molecular formula is C15H17Cl2NOS. The van der Waals surface area contributed by atoms with Gasteiger partial charge in [0.2, 0.25) is 0 Å². The Hall–Kier alpha value is -0.740. The summed E-state index contributed by atoms with van der Waals surface area (Å²) in [5.74, 6) is 0.883. The van der Waals surface area contributed by atoms with Gasteiger partial charge in [0.15, 0.2) is 0 Å². The molecule has 0 aliphatic carbocycles. The molecule has 1 N–H and O–H groups in total. The van der Waals surface area contributed by atoms with Crippen LogP contribution in [0.3, 0.4) is 0 Å². The molecule has 0 radical (unpaired) electrons. The number of nitrogens with one attached hydrogen (secondary N) is 1. The largest absolute Gasteiger partial charge is 0.496 e. The van der Waals surface area contributed by atoms with Crippen LogP contribution in [0, 0.1) is 0 Å². The van der Waals surface area contributed by atoms with E-state index in [-0.39, 0.29) is 12.1 Å². The fourth-order valence-electron chi connectivity index (χ4n) is 2.23. The Morgan fingerprint density at radius 3 is 2.35 bits per heavy atom. The van der Waals surface area contributed by atoms with E-state index in [1.54, 1.807) is 7.11 Å². The van der Waals surface area contributed by atoms with E-state index in [1.165, 1.54) is 11.3 Å². The van der Waals surface area contributed by atoms with Gasteiger partial charge in [-0.3, -0.25) is 0 Å². The molecule has 5 heteroatoms. The molecule has 0 aliphatic heterocycles. The fraction of sp³-hybridized carbons (Fsp3) is 0.333. The molecule has 2 rings (SSSR count). The van der Waals surface area contributed by atoms with Crippen molar-refractivity contribution in [2.75, 3.05) is 7.11 Å². The SMILES string of the molecule is COc1ccccc1[C@H](C)NC(C)c1cc(Cl)sc1Cl. The summed E-state index contributed by atoms with van der Waals surface area (Å²) in [4.78, 5) is 0. The van der Waals surface area contributed by atoms with Crippen LogP contribution in [-0.4, -0.2) is 7.11 Å². The molecule has 0 saturated carbocycles. The Balaban J connectivity index is 2.15. The zero-order chi connectivity index (χ0) is 14.7. The summed E-state index contributed by atoms with van der Waals surface area (Å²) in [5, 5.41) is 3.52. The second-order valence-corrected chi connectivity index (χ2v) is 6.92. The molecule has 2 atom stereocenters. The van der Waals surface area contributed by atoms with Crippen LogP contribution in [0.2, 0.25) is 8.67 Å². The van der Waals surface area contributed by atoms with Crippen LogP contribution in [0.15, 0.2) is 30.3 Å². The zero-order valence-corrected chi connectivity index (χ0v) is 13.9. The van der Waals surface area contributed by atoms with Crippen LogP contribution >= 0.6 is 34.5 Å². The predicted molar refractivity (Wildman–Crippen MR) is 87.3 cm³/mol. The van der Waals surface area contributed by atoms with E-state index in [1.807, 2.05) is 24.3 Å². The lowest BCUT2D eigenvalue weighted by molar-refractivity contribution is 0.396. The monoisotopic (exact) mass is 329 g/mol. The summed E-state index contributed by atoms with van der Waals surface area (Å²) in [7, 11) is 1.69. The summed E-state index contributed by atoms with van der Waals surface area (Å²) < 4.78 is 6.85. The second-order valence-electron chi connectivity index (χ2n) is 4.63. The van der Waals surface area contributed by atoms with E-state index in [2.05, 4.69) is 25.2 Å². The van der Waals surface area contributed by atoms with E-state index < -0.39 is 0 Å². The number of ether oxygens (including phenoxy) is 1. The Morgan fingerprint density at radius 2 is 1.75 bits per heavy atom. The molecular weight excluding hydrogens is 313 g/mol. The first-order valence-electron chi connectivity index (χ1n) is 6.36. The van der Waals surface area contributed by atoms with Gasteiger partial charge in [-0.1, -0.05) is 41.4 Å². The average Bonchev–Trinajstić information content (AvgIpc) is 2.77. The summed E-state index contributed by atoms with van der Waals surface area (Å²) in [5.41, 5.74) is 2.16. The maximum absolute atomic E-state index is 6.20. The van der Waals surface area contributed by atoms with E-state index in [0.717, 1.165) is 21.2 Å². The van der Waals surface area contributed by atoms with Gasteiger partial charge in [0, 0.05) is 17.6 Å². The summed E-state index contributed by atoms with van der Waals surface area (Å²) in [6.07, 6.45) is 0. The second kappa shape index (κ2) is 6.81. The van der Waals surface area contributed by atoms with Gasteiger partial charge in [0.1, 0.15) is 5.75 Å². The maximum atomic E-state index is 6.20. The molecule has 20 heavy (non-hydrogen) atoms. The molecule has 2 aromatic rings. The molecule has 1 aromatic carbocycles. The highest BCUT2D eigenvalue weighted by Crippen LogP contribution is 2.36. The number of methoxy groups -OCH3 is 1. The van der Waals surface area contributed by atoms with Crippen LogP contribution in [0.4, 0.5) is 0 Å². The van der Waals surface area contributed by atoms with Gasteiger partial charge < -0.3 is 10.1 Å². The molecule has 0 spiro atoms. The van der Waals surface area contributed by atoms with Crippen molar-refractivity contribution in [2.24, 2.45) is 0 Å². The third kappa shape index (κ3) is 3.47. The van der Waals surface area contributed by atoms with Crippen molar-refractivity contribution in [1.29, 1.82) is 0 Å². The quantitative estimate of drug-likeness (QED) is 0.784. The van der Waals surface area contributed by atoms with E-state index in [0.29, 0.717) is 4.34 Å².